The summed E-state index contributed by atoms with van der Waals surface area (Å²) in [6, 6.07) is 11.5. The lowest BCUT2D eigenvalue weighted by Gasteiger charge is -2.03. The van der Waals surface area contributed by atoms with Gasteiger partial charge in [0.15, 0.2) is 17.4 Å². The minimum absolute atomic E-state index is 0.121. The maximum atomic E-state index is 9.05. The van der Waals surface area contributed by atoms with Crippen molar-refractivity contribution in [3.05, 3.63) is 42.2 Å². The first-order valence-electron chi connectivity index (χ1n) is 8.04. The third-order valence-corrected chi connectivity index (χ3v) is 3.76. The zero-order valence-corrected chi connectivity index (χ0v) is 13.9. The van der Waals surface area contributed by atoms with Crippen LogP contribution in [0.1, 0.15) is 19.2 Å². The van der Waals surface area contributed by atoms with Gasteiger partial charge in [0.05, 0.1) is 7.11 Å². The average molecular weight is 327 g/mol. The van der Waals surface area contributed by atoms with Crippen LogP contribution in [0.15, 0.2) is 40.8 Å². The third kappa shape index (κ3) is 3.33. The van der Waals surface area contributed by atoms with Crippen molar-refractivity contribution in [2.24, 2.45) is 0 Å². The molecule has 0 saturated carbocycles. The molecule has 0 amide bonds. The zero-order valence-electron chi connectivity index (χ0n) is 13.9. The highest BCUT2D eigenvalue weighted by Gasteiger charge is 2.15. The van der Waals surface area contributed by atoms with E-state index >= 15 is 0 Å². The highest BCUT2D eigenvalue weighted by Crippen LogP contribution is 2.29. The Bertz CT molecular complexity index is 790. The average Bonchev–Trinajstić information content (AvgIpc) is 3.26. The van der Waals surface area contributed by atoms with E-state index in [-0.39, 0.29) is 6.61 Å². The van der Waals surface area contributed by atoms with E-state index in [0.717, 1.165) is 29.3 Å². The Morgan fingerprint density at radius 2 is 1.88 bits per heavy atom. The number of rotatable bonds is 7. The Labute approximate surface area is 140 Å². The SMILES string of the molecule is CCc1nc(-c2ccc(-c3ccc(OC)cc3)o2)n(CCCO)n1. The number of ether oxygens (including phenoxy) is 1. The first kappa shape index (κ1) is 16.3. The van der Waals surface area contributed by atoms with Crippen LogP contribution in [0.2, 0.25) is 0 Å². The number of hydrogen-bond donors (Lipinski definition) is 1. The van der Waals surface area contributed by atoms with Gasteiger partial charge in [0.25, 0.3) is 0 Å². The van der Waals surface area contributed by atoms with Crippen LogP contribution < -0.4 is 4.74 Å². The fourth-order valence-electron chi connectivity index (χ4n) is 2.47. The molecule has 0 atom stereocenters. The normalized spacial score (nSPS) is 11.0. The second-order valence-electron chi connectivity index (χ2n) is 5.40. The molecule has 0 fully saturated rings. The van der Waals surface area contributed by atoms with E-state index in [1.54, 1.807) is 11.8 Å². The molecule has 1 aromatic carbocycles. The maximum absolute atomic E-state index is 9.05. The monoisotopic (exact) mass is 327 g/mol. The van der Waals surface area contributed by atoms with Gasteiger partial charge in [-0.2, -0.15) is 5.10 Å². The smallest absolute Gasteiger partial charge is 0.194 e. The number of methoxy groups -OCH3 is 1. The first-order chi connectivity index (χ1) is 11.7. The molecule has 2 aromatic heterocycles. The largest absolute Gasteiger partial charge is 0.497 e. The molecule has 2 heterocycles. The summed E-state index contributed by atoms with van der Waals surface area (Å²) in [5.74, 6) is 3.71. The number of aliphatic hydroxyl groups is 1. The Morgan fingerprint density at radius 3 is 2.54 bits per heavy atom. The summed E-state index contributed by atoms with van der Waals surface area (Å²) in [6.45, 7) is 2.74. The van der Waals surface area contributed by atoms with E-state index in [2.05, 4.69) is 10.1 Å². The van der Waals surface area contributed by atoms with Crippen LogP contribution in [-0.4, -0.2) is 33.6 Å². The van der Waals surface area contributed by atoms with E-state index in [1.807, 2.05) is 43.3 Å². The molecule has 0 radical (unpaired) electrons. The number of aliphatic hydroxyl groups excluding tert-OH is 1. The van der Waals surface area contributed by atoms with Gasteiger partial charge in [0.1, 0.15) is 11.5 Å². The topological polar surface area (TPSA) is 73.3 Å². The number of nitrogens with zero attached hydrogens (tertiary/aromatic N) is 3. The van der Waals surface area contributed by atoms with Gasteiger partial charge in [0.2, 0.25) is 0 Å². The molecule has 6 heteroatoms. The van der Waals surface area contributed by atoms with Crippen LogP contribution in [0, 0.1) is 0 Å². The second-order valence-corrected chi connectivity index (χ2v) is 5.40. The molecule has 0 saturated heterocycles. The van der Waals surface area contributed by atoms with Gasteiger partial charge in [-0.15, -0.1) is 0 Å². The van der Waals surface area contributed by atoms with Crippen LogP contribution in [-0.2, 0) is 13.0 Å². The molecule has 0 unspecified atom stereocenters. The fourth-order valence-corrected chi connectivity index (χ4v) is 2.47. The molecule has 0 spiro atoms. The Hall–Kier alpha value is -2.60. The van der Waals surface area contributed by atoms with Crippen molar-refractivity contribution < 1.29 is 14.3 Å². The van der Waals surface area contributed by atoms with Crippen molar-refractivity contribution in [2.45, 2.75) is 26.3 Å². The fraction of sp³-hybridized carbons (Fsp3) is 0.333. The molecule has 3 rings (SSSR count). The van der Waals surface area contributed by atoms with Crippen molar-refractivity contribution in [3.63, 3.8) is 0 Å². The van der Waals surface area contributed by atoms with Crippen LogP contribution in [0.25, 0.3) is 22.9 Å². The minimum atomic E-state index is 0.121. The van der Waals surface area contributed by atoms with E-state index < -0.39 is 0 Å². The molecule has 1 N–H and O–H groups in total. The molecule has 0 aliphatic heterocycles. The summed E-state index contributed by atoms with van der Waals surface area (Å²) in [6.07, 6.45) is 1.39. The number of hydrogen-bond acceptors (Lipinski definition) is 5. The molecule has 126 valence electrons. The quantitative estimate of drug-likeness (QED) is 0.721. The van der Waals surface area contributed by atoms with Crippen molar-refractivity contribution in [1.29, 1.82) is 0 Å². The van der Waals surface area contributed by atoms with Crippen LogP contribution in [0.3, 0.4) is 0 Å². The van der Waals surface area contributed by atoms with E-state index in [4.69, 9.17) is 14.3 Å². The zero-order chi connectivity index (χ0) is 16.9. The van der Waals surface area contributed by atoms with Gasteiger partial charge in [-0.25, -0.2) is 9.67 Å². The highest BCUT2D eigenvalue weighted by atomic mass is 16.5. The van der Waals surface area contributed by atoms with Gasteiger partial charge in [-0.3, -0.25) is 0 Å². The molecular weight excluding hydrogens is 306 g/mol. The molecular formula is C18H21N3O3. The Morgan fingerprint density at radius 1 is 1.12 bits per heavy atom. The van der Waals surface area contributed by atoms with Crippen LogP contribution in [0.5, 0.6) is 5.75 Å². The van der Waals surface area contributed by atoms with Crippen LogP contribution in [0.4, 0.5) is 0 Å². The Balaban J connectivity index is 1.90. The molecule has 24 heavy (non-hydrogen) atoms. The van der Waals surface area contributed by atoms with Crippen molar-refractivity contribution in [1.82, 2.24) is 14.8 Å². The Kier molecular flexibility index (Phi) is 4.96. The van der Waals surface area contributed by atoms with Crippen LogP contribution >= 0.6 is 0 Å². The van der Waals surface area contributed by atoms with Gasteiger partial charge < -0.3 is 14.3 Å². The molecule has 0 aliphatic rings. The van der Waals surface area contributed by atoms with Crippen molar-refractivity contribution in [2.75, 3.05) is 13.7 Å². The summed E-state index contributed by atoms with van der Waals surface area (Å²) in [4.78, 5) is 4.54. The van der Waals surface area contributed by atoms with E-state index in [0.29, 0.717) is 24.6 Å². The number of aromatic nitrogens is 3. The van der Waals surface area contributed by atoms with E-state index in [1.165, 1.54) is 0 Å². The van der Waals surface area contributed by atoms with Gasteiger partial charge >= 0.3 is 0 Å². The minimum Gasteiger partial charge on any atom is -0.497 e. The number of furan rings is 1. The van der Waals surface area contributed by atoms with E-state index in [9.17, 15) is 0 Å². The summed E-state index contributed by atoms with van der Waals surface area (Å²) < 4.78 is 13.0. The first-order valence-corrected chi connectivity index (χ1v) is 8.04. The number of benzene rings is 1. The predicted octanol–water partition coefficient (Wildman–Crippen LogP) is 3.16. The maximum Gasteiger partial charge on any atom is 0.194 e. The summed E-state index contributed by atoms with van der Waals surface area (Å²) >= 11 is 0. The summed E-state index contributed by atoms with van der Waals surface area (Å²) in [7, 11) is 1.64. The second kappa shape index (κ2) is 7.31. The lowest BCUT2D eigenvalue weighted by Crippen LogP contribution is -2.04. The summed E-state index contributed by atoms with van der Waals surface area (Å²) in [5.41, 5.74) is 0.971. The third-order valence-electron chi connectivity index (χ3n) is 3.76. The predicted molar refractivity (Wildman–Crippen MR) is 90.8 cm³/mol. The lowest BCUT2D eigenvalue weighted by atomic mass is 10.2. The molecule has 6 nitrogen and oxygen atoms in total. The highest BCUT2D eigenvalue weighted by molar-refractivity contribution is 5.62. The summed E-state index contributed by atoms with van der Waals surface area (Å²) in [5, 5.41) is 13.5. The molecule has 0 bridgehead atoms. The van der Waals surface area contributed by atoms with Crippen molar-refractivity contribution >= 4 is 0 Å². The van der Waals surface area contributed by atoms with Gasteiger partial charge in [0, 0.05) is 25.1 Å². The standard InChI is InChI=1S/C18H21N3O3/c1-3-17-19-18(21(20-17)11-4-12-22)16-10-9-15(24-16)13-5-7-14(23-2)8-6-13/h5-10,22H,3-4,11-12H2,1-2H3. The number of aryl methyl sites for hydroxylation is 2. The molecule has 3 aromatic rings. The van der Waals surface area contributed by atoms with Gasteiger partial charge in [-0.05, 0) is 42.8 Å². The molecule has 0 aliphatic carbocycles. The lowest BCUT2D eigenvalue weighted by molar-refractivity contribution is 0.277. The van der Waals surface area contributed by atoms with Crippen molar-refractivity contribution in [3.8, 4) is 28.7 Å². The van der Waals surface area contributed by atoms with Gasteiger partial charge in [-0.1, -0.05) is 6.92 Å².